The van der Waals surface area contributed by atoms with Gasteiger partial charge >= 0.3 is 0 Å². The van der Waals surface area contributed by atoms with Crippen molar-refractivity contribution in [3.8, 4) is 0 Å². The van der Waals surface area contributed by atoms with Crippen molar-refractivity contribution in [3.05, 3.63) is 18.0 Å². The SMILES string of the molecule is O=C(NC1CCCOC1)c1cn[nH]c1. The van der Waals surface area contributed by atoms with Crippen LogP contribution < -0.4 is 5.32 Å². The van der Waals surface area contributed by atoms with E-state index >= 15 is 0 Å². The largest absolute Gasteiger partial charge is 0.379 e. The molecule has 5 heteroatoms. The van der Waals surface area contributed by atoms with Crippen molar-refractivity contribution >= 4 is 5.91 Å². The van der Waals surface area contributed by atoms with Crippen LogP contribution in [0.15, 0.2) is 12.4 Å². The van der Waals surface area contributed by atoms with E-state index in [4.69, 9.17) is 4.74 Å². The van der Waals surface area contributed by atoms with E-state index in [-0.39, 0.29) is 11.9 Å². The summed E-state index contributed by atoms with van der Waals surface area (Å²) >= 11 is 0. The number of H-pyrrole nitrogens is 1. The molecule has 1 aliphatic rings. The monoisotopic (exact) mass is 195 g/mol. The number of hydrogen-bond donors (Lipinski definition) is 2. The van der Waals surface area contributed by atoms with Crippen LogP contribution >= 0.6 is 0 Å². The molecule has 1 atom stereocenters. The fourth-order valence-electron chi connectivity index (χ4n) is 1.50. The second-order valence-electron chi connectivity index (χ2n) is 3.37. The van der Waals surface area contributed by atoms with Gasteiger partial charge in [-0.2, -0.15) is 5.10 Å². The van der Waals surface area contributed by atoms with Crippen molar-refractivity contribution in [2.24, 2.45) is 0 Å². The zero-order valence-electron chi connectivity index (χ0n) is 7.82. The Kier molecular flexibility index (Phi) is 2.78. The Labute approximate surface area is 81.8 Å². The number of carbonyl (C=O) groups excluding carboxylic acids is 1. The minimum atomic E-state index is -0.0887. The first-order chi connectivity index (χ1) is 6.86. The maximum absolute atomic E-state index is 11.5. The maximum atomic E-state index is 11.5. The zero-order chi connectivity index (χ0) is 9.80. The minimum absolute atomic E-state index is 0.0887. The number of nitrogens with zero attached hydrogens (tertiary/aromatic N) is 1. The van der Waals surface area contributed by atoms with Gasteiger partial charge in [0, 0.05) is 12.8 Å². The van der Waals surface area contributed by atoms with Gasteiger partial charge in [0.25, 0.3) is 5.91 Å². The lowest BCUT2D eigenvalue weighted by Crippen LogP contribution is -2.40. The predicted octanol–water partition coefficient (Wildman–Crippen LogP) is 0.318. The molecule has 0 spiro atoms. The summed E-state index contributed by atoms with van der Waals surface area (Å²) in [5.74, 6) is -0.0887. The fourth-order valence-corrected chi connectivity index (χ4v) is 1.50. The number of hydrogen-bond acceptors (Lipinski definition) is 3. The van der Waals surface area contributed by atoms with E-state index in [0.717, 1.165) is 19.4 Å². The predicted molar refractivity (Wildman–Crippen MR) is 49.9 cm³/mol. The lowest BCUT2D eigenvalue weighted by atomic mass is 10.1. The molecule has 0 bridgehead atoms. The standard InChI is InChI=1S/C9H13N3O2/c13-9(7-4-10-11-5-7)12-8-2-1-3-14-6-8/h4-5,8H,1-3,6H2,(H,10,11)(H,12,13). The number of ether oxygens (including phenoxy) is 1. The van der Waals surface area contributed by atoms with Crippen LogP contribution in [0, 0.1) is 0 Å². The van der Waals surface area contributed by atoms with Gasteiger partial charge in [-0.15, -0.1) is 0 Å². The third-order valence-corrected chi connectivity index (χ3v) is 2.26. The Morgan fingerprint density at radius 1 is 1.71 bits per heavy atom. The number of amides is 1. The van der Waals surface area contributed by atoms with E-state index < -0.39 is 0 Å². The molecular formula is C9H13N3O2. The molecule has 1 aromatic heterocycles. The van der Waals surface area contributed by atoms with Crippen LogP contribution in [-0.4, -0.2) is 35.4 Å². The summed E-state index contributed by atoms with van der Waals surface area (Å²) in [6.45, 7) is 1.42. The zero-order valence-corrected chi connectivity index (χ0v) is 7.82. The van der Waals surface area contributed by atoms with Crippen molar-refractivity contribution < 1.29 is 9.53 Å². The highest BCUT2D eigenvalue weighted by Gasteiger charge is 2.17. The molecule has 1 fully saturated rings. The summed E-state index contributed by atoms with van der Waals surface area (Å²) in [5.41, 5.74) is 0.565. The Balaban J connectivity index is 1.87. The summed E-state index contributed by atoms with van der Waals surface area (Å²) < 4.78 is 5.26. The van der Waals surface area contributed by atoms with Crippen LogP contribution in [0.2, 0.25) is 0 Å². The second kappa shape index (κ2) is 4.23. The molecule has 5 nitrogen and oxygen atoms in total. The molecule has 0 saturated carbocycles. The Morgan fingerprint density at radius 3 is 3.29 bits per heavy atom. The van der Waals surface area contributed by atoms with Crippen molar-refractivity contribution in [2.75, 3.05) is 13.2 Å². The highest BCUT2D eigenvalue weighted by molar-refractivity contribution is 5.93. The number of aromatic amines is 1. The molecular weight excluding hydrogens is 182 g/mol. The molecule has 1 saturated heterocycles. The summed E-state index contributed by atoms with van der Waals surface area (Å²) in [4.78, 5) is 11.5. The highest BCUT2D eigenvalue weighted by atomic mass is 16.5. The smallest absolute Gasteiger partial charge is 0.254 e. The van der Waals surface area contributed by atoms with Crippen molar-refractivity contribution in [1.82, 2.24) is 15.5 Å². The average molecular weight is 195 g/mol. The van der Waals surface area contributed by atoms with Gasteiger partial charge in [0.05, 0.1) is 24.4 Å². The molecule has 14 heavy (non-hydrogen) atoms. The number of carbonyl (C=O) groups is 1. The van der Waals surface area contributed by atoms with Gasteiger partial charge in [0.15, 0.2) is 0 Å². The van der Waals surface area contributed by atoms with Crippen LogP contribution in [0.3, 0.4) is 0 Å². The molecule has 2 N–H and O–H groups in total. The molecule has 2 rings (SSSR count). The Hall–Kier alpha value is -1.36. The summed E-state index contributed by atoms with van der Waals surface area (Å²) in [7, 11) is 0. The molecule has 0 radical (unpaired) electrons. The molecule has 76 valence electrons. The number of nitrogens with one attached hydrogen (secondary N) is 2. The first kappa shape index (κ1) is 9.21. The van der Waals surface area contributed by atoms with Crippen LogP contribution in [0.5, 0.6) is 0 Å². The van der Waals surface area contributed by atoms with Crippen molar-refractivity contribution in [2.45, 2.75) is 18.9 Å². The van der Waals surface area contributed by atoms with Crippen molar-refractivity contribution in [1.29, 1.82) is 0 Å². The molecule has 1 aliphatic heterocycles. The topological polar surface area (TPSA) is 67.0 Å². The van der Waals surface area contributed by atoms with E-state index in [0.29, 0.717) is 12.2 Å². The van der Waals surface area contributed by atoms with Gasteiger partial charge in [-0.05, 0) is 12.8 Å². The lowest BCUT2D eigenvalue weighted by molar-refractivity contribution is 0.0624. The molecule has 0 aromatic carbocycles. The van der Waals surface area contributed by atoms with Crippen LogP contribution in [-0.2, 0) is 4.74 Å². The Morgan fingerprint density at radius 2 is 2.64 bits per heavy atom. The van der Waals surface area contributed by atoms with E-state index in [9.17, 15) is 4.79 Å². The highest BCUT2D eigenvalue weighted by Crippen LogP contribution is 2.06. The average Bonchev–Trinajstić information content (AvgIpc) is 2.72. The third-order valence-electron chi connectivity index (χ3n) is 2.26. The van der Waals surface area contributed by atoms with Crippen LogP contribution in [0.25, 0.3) is 0 Å². The van der Waals surface area contributed by atoms with Crippen molar-refractivity contribution in [3.63, 3.8) is 0 Å². The molecule has 0 aliphatic carbocycles. The third kappa shape index (κ3) is 2.11. The van der Waals surface area contributed by atoms with E-state index in [1.54, 1.807) is 6.20 Å². The molecule has 1 aromatic rings. The minimum Gasteiger partial charge on any atom is -0.379 e. The van der Waals surface area contributed by atoms with Gasteiger partial charge < -0.3 is 10.1 Å². The molecule has 1 unspecified atom stereocenters. The lowest BCUT2D eigenvalue weighted by Gasteiger charge is -2.22. The summed E-state index contributed by atoms with van der Waals surface area (Å²) in [6, 6.07) is 0.145. The van der Waals surface area contributed by atoms with E-state index in [1.807, 2.05) is 0 Å². The number of rotatable bonds is 2. The molecule has 1 amide bonds. The summed E-state index contributed by atoms with van der Waals surface area (Å²) in [6.07, 6.45) is 5.10. The van der Waals surface area contributed by atoms with Gasteiger partial charge in [-0.3, -0.25) is 9.89 Å². The Bertz CT molecular complexity index is 291. The van der Waals surface area contributed by atoms with Gasteiger partial charge in [-0.1, -0.05) is 0 Å². The van der Waals surface area contributed by atoms with Crippen LogP contribution in [0.1, 0.15) is 23.2 Å². The second-order valence-corrected chi connectivity index (χ2v) is 3.37. The van der Waals surface area contributed by atoms with Gasteiger partial charge in [0.1, 0.15) is 0 Å². The summed E-state index contributed by atoms with van der Waals surface area (Å²) in [5, 5.41) is 9.22. The van der Waals surface area contributed by atoms with Gasteiger partial charge in [0.2, 0.25) is 0 Å². The van der Waals surface area contributed by atoms with E-state index in [2.05, 4.69) is 15.5 Å². The number of aromatic nitrogens is 2. The maximum Gasteiger partial charge on any atom is 0.254 e. The van der Waals surface area contributed by atoms with Gasteiger partial charge in [-0.25, -0.2) is 0 Å². The first-order valence-electron chi connectivity index (χ1n) is 4.73. The molecule has 2 heterocycles. The quantitative estimate of drug-likeness (QED) is 0.714. The fraction of sp³-hybridized carbons (Fsp3) is 0.556. The van der Waals surface area contributed by atoms with Crippen LogP contribution in [0.4, 0.5) is 0 Å². The van der Waals surface area contributed by atoms with E-state index in [1.165, 1.54) is 6.20 Å². The normalized spacial score (nSPS) is 21.9. The first-order valence-corrected chi connectivity index (χ1v) is 4.73.